The number of carbonyl (C=O) groups is 4. The first kappa shape index (κ1) is 30.9. The van der Waals surface area contributed by atoms with Crippen LogP contribution < -0.4 is 19.5 Å². The first-order valence-electron chi connectivity index (χ1n) is 12.2. The van der Waals surface area contributed by atoms with Crippen LogP contribution in [0, 0.1) is 0 Å². The van der Waals surface area contributed by atoms with E-state index in [1.807, 2.05) is 0 Å². The van der Waals surface area contributed by atoms with Crippen LogP contribution in [-0.2, 0) is 25.4 Å². The molecule has 2 rings (SSSR count). The quantitative estimate of drug-likeness (QED) is 0.214. The topological polar surface area (TPSA) is 156 Å². The Morgan fingerprint density at radius 2 is 1.31 bits per heavy atom. The second kappa shape index (κ2) is 15.2. The van der Waals surface area contributed by atoms with Gasteiger partial charge in [0.25, 0.3) is 0 Å². The predicted octanol–water partition coefficient (Wildman–Crippen LogP) is 4.72. The molecule has 2 aromatic rings. The fourth-order valence-electron chi connectivity index (χ4n) is 3.06. The number of para-hydroxylation sites is 1. The third-order valence-corrected chi connectivity index (χ3v) is 4.69. The summed E-state index contributed by atoms with van der Waals surface area (Å²) in [5.41, 5.74) is 0.434. The summed E-state index contributed by atoms with van der Waals surface area (Å²) in [6.07, 6.45) is -4.65. The molecule has 39 heavy (non-hydrogen) atoms. The lowest BCUT2D eigenvalue weighted by Gasteiger charge is -2.19. The molecule has 12 nitrogen and oxygen atoms in total. The van der Waals surface area contributed by atoms with Crippen LogP contribution in [-0.4, -0.2) is 60.4 Å². The van der Waals surface area contributed by atoms with Gasteiger partial charge in [0, 0.05) is 6.54 Å². The summed E-state index contributed by atoms with van der Waals surface area (Å²) in [6, 6.07) is 11.5. The van der Waals surface area contributed by atoms with Crippen molar-refractivity contribution in [1.82, 2.24) is 5.32 Å². The van der Waals surface area contributed by atoms with Gasteiger partial charge in [-0.3, -0.25) is 4.79 Å². The van der Waals surface area contributed by atoms with E-state index in [0.29, 0.717) is 11.3 Å². The number of carboxylic acids is 1. The number of benzene rings is 2. The van der Waals surface area contributed by atoms with Crippen molar-refractivity contribution in [3.05, 3.63) is 54.1 Å². The Morgan fingerprint density at radius 3 is 1.87 bits per heavy atom. The van der Waals surface area contributed by atoms with E-state index in [4.69, 9.17) is 28.4 Å². The lowest BCUT2D eigenvalue weighted by Crippen LogP contribution is -2.42. The molecule has 2 atom stereocenters. The minimum absolute atomic E-state index is 0.00711. The van der Waals surface area contributed by atoms with E-state index < -0.39 is 48.8 Å². The number of hydrogen-bond donors (Lipinski definition) is 2. The van der Waals surface area contributed by atoms with Gasteiger partial charge in [-0.1, -0.05) is 24.3 Å². The molecule has 212 valence electrons. The summed E-state index contributed by atoms with van der Waals surface area (Å²) in [4.78, 5) is 47.9. The Bertz CT molecular complexity index is 1120. The molecular formula is C27H33NO11. The van der Waals surface area contributed by atoms with E-state index in [-0.39, 0.29) is 24.5 Å². The summed E-state index contributed by atoms with van der Waals surface area (Å²) in [6.45, 7) is 8.12. The first-order chi connectivity index (χ1) is 18.4. The minimum atomic E-state index is -1.17. The lowest BCUT2D eigenvalue weighted by atomic mass is 10.0. The van der Waals surface area contributed by atoms with Crippen molar-refractivity contribution < 1.29 is 52.7 Å². The Morgan fingerprint density at radius 1 is 0.744 bits per heavy atom. The third-order valence-electron chi connectivity index (χ3n) is 4.69. The van der Waals surface area contributed by atoms with Gasteiger partial charge in [0.2, 0.25) is 0 Å². The highest BCUT2D eigenvalue weighted by atomic mass is 16.8. The molecule has 0 aliphatic rings. The second-order valence-electron chi connectivity index (χ2n) is 8.92. The lowest BCUT2D eigenvalue weighted by molar-refractivity contribution is -0.139. The normalized spacial score (nSPS) is 12.3. The van der Waals surface area contributed by atoms with Gasteiger partial charge in [-0.05, 0) is 70.9 Å². The third kappa shape index (κ3) is 11.7. The Kier molecular flexibility index (Phi) is 12.0. The van der Waals surface area contributed by atoms with Crippen molar-refractivity contribution in [3.8, 4) is 17.2 Å². The molecule has 0 aliphatic heterocycles. The molecule has 0 saturated heterocycles. The number of carbonyl (C=O) groups excluding carboxylic acids is 3. The first-order valence-corrected chi connectivity index (χ1v) is 12.2. The zero-order chi connectivity index (χ0) is 28.9. The maximum absolute atomic E-state index is 12.1. The number of aliphatic carboxylic acids is 1. The van der Waals surface area contributed by atoms with E-state index in [1.54, 1.807) is 65.0 Å². The molecule has 0 saturated carbocycles. The molecule has 0 fully saturated rings. The minimum Gasteiger partial charge on any atom is -0.480 e. The molecule has 0 bridgehead atoms. The number of hydrogen-bond acceptors (Lipinski definition) is 11. The molecule has 12 heteroatoms. The van der Waals surface area contributed by atoms with E-state index in [0.717, 1.165) is 0 Å². The molecule has 2 aromatic carbocycles. The monoisotopic (exact) mass is 547 g/mol. The van der Waals surface area contributed by atoms with Crippen LogP contribution in [0.1, 0.15) is 40.2 Å². The molecular weight excluding hydrogens is 514 g/mol. The zero-order valence-electron chi connectivity index (χ0n) is 22.4. The van der Waals surface area contributed by atoms with Crippen molar-refractivity contribution in [1.29, 1.82) is 0 Å². The van der Waals surface area contributed by atoms with Crippen LogP contribution in [0.4, 0.5) is 14.4 Å². The summed E-state index contributed by atoms with van der Waals surface area (Å²) in [7, 11) is 0. The van der Waals surface area contributed by atoms with E-state index >= 15 is 0 Å². The Labute approximate surface area is 226 Å². The highest BCUT2D eigenvalue weighted by Crippen LogP contribution is 2.30. The van der Waals surface area contributed by atoms with E-state index in [9.17, 15) is 24.3 Å². The van der Waals surface area contributed by atoms with Crippen LogP contribution in [0.2, 0.25) is 0 Å². The molecule has 0 heterocycles. The molecule has 2 N–H and O–H groups in total. The second-order valence-corrected chi connectivity index (χ2v) is 8.92. The largest absolute Gasteiger partial charge is 0.514 e. The maximum Gasteiger partial charge on any atom is 0.514 e. The highest BCUT2D eigenvalue weighted by molar-refractivity contribution is 5.74. The summed E-state index contributed by atoms with van der Waals surface area (Å²) in [5, 5.41) is 12.5. The Hall–Kier alpha value is -4.32. The van der Waals surface area contributed by atoms with Crippen LogP contribution in [0.5, 0.6) is 17.2 Å². The summed E-state index contributed by atoms with van der Waals surface area (Å²) >= 11 is 0. The highest BCUT2D eigenvalue weighted by Gasteiger charge is 2.23. The average Bonchev–Trinajstić information content (AvgIpc) is 2.82. The van der Waals surface area contributed by atoms with Gasteiger partial charge in [0.05, 0.1) is 12.2 Å². The molecule has 0 aliphatic carbocycles. The van der Waals surface area contributed by atoms with E-state index in [1.165, 1.54) is 18.2 Å². The number of rotatable bonds is 12. The van der Waals surface area contributed by atoms with Gasteiger partial charge in [0.15, 0.2) is 11.5 Å². The van der Waals surface area contributed by atoms with Crippen molar-refractivity contribution in [2.45, 2.75) is 65.4 Å². The van der Waals surface area contributed by atoms with Crippen molar-refractivity contribution in [3.63, 3.8) is 0 Å². The van der Waals surface area contributed by atoms with Crippen molar-refractivity contribution >= 4 is 24.4 Å². The van der Waals surface area contributed by atoms with E-state index in [2.05, 4.69) is 5.32 Å². The Balaban J connectivity index is 2.07. The SMILES string of the molecule is CC(C)OC(=O)Oc1ccc(C[C@H](NCC(C)OC(=O)Oc2ccccc2)C(=O)O)cc1OC(=O)OC(C)C. The van der Waals surface area contributed by atoms with Crippen molar-refractivity contribution in [2.24, 2.45) is 0 Å². The van der Waals surface area contributed by atoms with Crippen LogP contribution in [0.3, 0.4) is 0 Å². The predicted molar refractivity (Wildman–Crippen MR) is 137 cm³/mol. The van der Waals surface area contributed by atoms with Gasteiger partial charge in [-0.2, -0.15) is 0 Å². The van der Waals surface area contributed by atoms with Gasteiger partial charge in [-0.25, -0.2) is 14.4 Å². The molecule has 0 aromatic heterocycles. The zero-order valence-corrected chi connectivity index (χ0v) is 22.4. The van der Waals surface area contributed by atoms with Crippen LogP contribution >= 0.6 is 0 Å². The number of carboxylic acid groups (broad SMARTS) is 1. The smallest absolute Gasteiger partial charge is 0.480 e. The van der Waals surface area contributed by atoms with Gasteiger partial charge in [0.1, 0.15) is 17.9 Å². The molecule has 0 spiro atoms. The number of ether oxygens (including phenoxy) is 6. The van der Waals surface area contributed by atoms with Crippen molar-refractivity contribution in [2.75, 3.05) is 6.54 Å². The van der Waals surface area contributed by atoms with Gasteiger partial charge >= 0.3 is 24.4 Å². The standard InChI is InChI=1S/C27H33NO11/c1-16(2)34-25(31)38-22-12-11-19(14-23(22)39-26(32)35-17(3)4)13-21(24(29)30)28-15-18(5)36-27(33)37-20-9-7-6-8-10-20/h6-12,14,16-18,21,28H,13,15H2,1-5H3,(H,29,30)/t18?,21-/m0/s1. The maximum atomic E-state index is 12.1. The number of nitrogens with one attached hydrogen (secondary N) is 1. The summed E-state index contributed by atoms with van der Waals surface area (Å²) < 4.78 is 30.5. The van der Waals surface area contributed by atoms with Crippen LogP contribution in [0.15, 0.2) is 48.5 Å². The van der Waals surface area contributed by atoms with Crippen LogP contribution in [0.25, 0.3) is 0 Å². The van der Waals surface area contributed by atoms with Gasteiger partial charge in [-0.15, -0.1) is 0 Å². The fourth-order valence-corrected chi connectivity index (χ4v) is 3.06. The molecule has 0 amide bonds. The van der Waals surface area contributed by atoms with Gasteiger partial charge < -0.3 is 38.8 Å². The fraction of sp³-hybridized carbons (Fsp3) is 0.407. The molecule has 1 unspecified atom stereocenters. The summed E-state index contributed by atoms with van der Waals surface area (Å²) in [5.74, 6) is -1.14. The molecule has 0 radical (unpaired) electrons. The average molecular weight is 548 g/mol.